The molecule has 2 heterocycles. The summed E-state index contributed by atoms with van der Waals surface area (Å²) in [5, 5.41) is 3.63. The molecule has 176 valence electrons. The van der Waals surface area contributed by atoms with Crippen molar-refractivity contribution in [2.24, 2.45) is 0 Å². The molecule has 4 rings (SSSR count). The van der Waals surface area contributed by atoms with Crippen molar-refractivity contribution in [2.45, 2.75) is 23.3 Å². The topological polar surface area (TPSA) is 92.3 Å². The lowest BCUT2D eigenvalue weighted by Crippen LogP contribution is -2.40. The summed E-state index contributed by atoms with van der Waals surface area (Å²) in [7, 11) is -2.89. The van der Waals surface area contributed by atoms with Gasteiger partial charge in [0.1, 0.15) is 10.9 Å². The van der Waals surface area contributed by atoms with Crippen molar-refractivity contribution in [3.05, 3.63) is 84.3 Å². The van der Waals surface area contributed by atoms with E-state index in [1.165, 1.54) is 6.08 Å². The van der Waals surface area contributed by atoms with Crippen LogP contribution in [-0.2, 0) is 21.1 Å². The van der Waals surface area contributed by atoms with Gasteiger partial charge in [0.05, 0.1) is 11.5 Å². The summed E-state index contributed by atoms with van der Waals surface area (Å²) in [4.78, 5) is 23.8. The lowest BCUT2D eigenvalue weighted by Gasteiger charge is -2.28. The Hall–Kier alpha value is -3.17. The smallest absolute Gasteiger partial charge is 0.247 e. The second-order valence-electron chi connectivity index (χ2n) is 8.08. The van der Waals surface area contributed by atoms with Crippen molar-refractivity contribution < 1.29 is 13.2 Å². The molecule has 9 heteroatoms. The molecule has 1 N–H and O–H groups in total. The standard InChI is InChI=1S/C25H26N4O3S2/c1-3-24(30)27-20-6-10-22(11-7-20)33-25-18(2)17-26-23(28-25)16-19-4-8-21(9-5-19)29-12-14-34(31,32)15-13-29/h3-11,17H,1,12-16H2,2H3,(H,27,30). The third-order valence-electron chi connectivity index (χ3n) is 5.51. The fraction of sp³-hybridized carbons (Fsp3) is 0.240. The number of rotatable bonds is 7. The highest BCUT2D eigenvalue weighted by atomic mass is 32.2. The molecular weight excluding hydrogens is 468 g/mol. The van der Waals surface area contributed by atoms with E-state index in [-0.39, 0.29) is 17.4 Å². The van der Waals surface area contributed by atoms with Crippen LogP contribution in [0.2, 0.25) is 0 Å². The van der Waals surface area contributed by atoms with Crippen molar-refractivity contribution in [1.29, 1.82) is 0 Å². The average molecular weight is 495 g/mol. The van der Waals surface area contributed by atoms with Crippen LogP contribution in [0.15, 0.2) is 77.3 Å². The Morgan fingerprint density at radius 3 is 2.44 bits per heavy atom. The van der Waals surface area contributed by atoms with Gasteiger partial charge in [0.2, 0.25) is 5.91 Å². The first-order chi connectivity index (χ1) is 16.3. The predicted molar refractivity (Wildman–Crippen MR) is 136 cm³/mol. The Bertz CT molecular complexity index is 1280. The van der Waals surface area contributed by atoms with Gasteiger partial charge in [0.25, 0.3) is 0 Å². The van der Waals surface area contributed by atoms with Gasteiger partial charge in [0.15, 0.2) is 9.84 Å². The second-order valence-corrected chi connectivity index (χ2v) is 11.4. The van der Waals surface area contributed by atoms with E-state index in [4.69, 9.17) is 4.98 Å². The molecule has 7 nitrogen and oxygen atoms in total. The first kappa shape index (κ1) is 24.0. The Morgan fingerprint density at radius 2 is 1.79 bits per heavy atom. The van der Waals surface area contributed by atoms with Crippen molar-refractivity contribution in [3.63, 3.8) is 0 Å². The molecule has 2 aromatic carbocycles. The summed E-state index contributed by atoms with van der Waals surface area (Å²) < 4.78 is 23.3. The number of hydrogen-bond donors (Lipinski definition) is 1. The lowest BCUT2D eigenvalue weighted by molar-refractivity contribution is -0.111. The predicted octanol–water partition coefficient (Wildman–Crippen LogP) is 3.89. The zero-order chi connectivity index (χ0) is 24.1. The van der Waals surface area contributed by atoms with E-state index in [0.29, 0.717) is 25.2 Å². The van der Waals surface area contributed by atoms with E-state index in [2.05, 4.69) is 21.8 Å². The van der Waals surface area contributed by atoms with Gasteiger partial charge in [-0.25, -0.2) is 18.4 Å². The maximum Gasteiger partial charge on any atom is 0.247 e. The first-order valence-corrected chi connectivity index (χ1v) is 13.5. The number of nitrogens with zero attached hydrogens (tertiary/aromatic N) is 3. The van der Waals surface area contributed by atoms with E-state index in [9.17, 15) is 13.2 Å². The highest BCUT2D eigenvalue weighted by Crippen LogP contribution is 2.29. The van der Waals surface area contributed by atoms with Gasteiger partial charge in [-0.2, -0.15) is 0 Å². The number of carbonyl (C=O) groups excluding carboxylic acids is 1. The summed E-state index contributed by atoms with van der Waals surface area (Å²) in [6.45, 7) is 6.51. The number of anilines is 2. The third kappa shape index (κ3) is 6.24. The molecule has 1 aromatic heterocycles. The Kier molecular flexibility index (Phi) is 7.33. The van der Waals surface area contributed by atoms with Crippen molar-refractivity contribution >= 4 is 38.9 Å². The summed E-state index contributed by atoms with van der Waals surface area (Å²) >= 11 is 1.55. The molecule has 1 saturated heterocycles. The Labute approximate surface area is 204 Å². The highest BCUT2D eigenvalue weighted by Gasteiger charge is 2.21. The van der Waals surface area contributed by atoms with Crippen molar-refractivity contribution in [2.75, 3.05) is 34.8 Å². The molecule has 1 amide bonds. The summed E-state index contributed by atoms with van der Waals surface area (Å²) in [6, 6.07) is 15.7. The molecule has 0 aliphatic carbocycles. The van der Waals surface area contributed by atoms with Gasteiger partial charge >= 0.3 is 0 Å². The van der Waals surface area contributed by atoms with E-state index in [0.717, 1.165) is 32.6 Å². The quantitative estimate of drug-likeness (QED) is 0.394. The molecule has 1 fully saturated rings. The number of amides is 1. The molecule has 0 saturated carbocycles. The molecule has 0 spiro atoms. The monoisotopic (exact) mass is 494 g/mol. The number of carbonyl (C=O) groups is 1. The van der Waals surface area contributed by atoms with Gasteiger partial charge in [0, 0.05) is 42.0 Å². The van der Waals surface area contributed by atoms with E-state index in [1.807, 2.05) is 61.7 Å². The maximum atomic E-state index is 11.7. The zero-order valence-electron chi connectivity index (χ0n) is 18.9. The van der Waals surface area contributed by atoms with Gasteiger partial charge in [-0.05, 0) is 60.5 Å². The summed E-state index contributed by atoms with van der Waals surface area (Å²) in [5.74, 6) is 0.908. The number of benzene rings is 2. The van der Waals surface area contributed by atoms with E-state index >= 15 is 0 Å². The number of aromatic nitrogens is 2. The fourth-order valence-electron chi connectivity index (χ4n) is 3.54. The molecule has 0 unspecified atom stereocenters. The number of hydrogen-bond acceptors (Lipinski definition) is 7. The first-order valence-electron chi connectivity index (χ1n) is 10.9. The minimum atomic E-state index is -2.89. The van der Waals surface area contributed by atoms with Gasteiger partial charge < -0.3 is 10.2 Å². The molecule has 0 atom stereocenters. The molecule has 0 radical (unpaired) electrons. The van der Waals surface area contributed by atoms with Crippen LogP contribution >= 0.6 is 11.8 Å². The highest BCUT2D eigenvalue weighted by molar-refractivity contribution is 7.99. The van der Waals surface area contributed by atoms with Gasteiger partial charge in [-0.15, -0.1) is 0 Å². The molecule has 1 aliphatic rings. The van der Waals surface area contributed by atoms with Crippen LogP contribution in [-0.4, -0.2) is 48.9 Å². The van der Waals surface area contributed by atoms with Crippen LogP contribution in [0.1, 0.15) is 17.0 Å². The van der Waals surface area contributed by atoms with Crippen LogP contribution in [0.5, 0.6) is 0 Å². The Balaban J connectivity index is 1.41. The van der Waals surface area contributed by atoms with Gasteiger partial charge in [-0.1, -0.05) is 30.5 Å². The maximum absolute atomic E-state index is 11.7. The average Bonchev–Trinajstić information content (AvgIpc) is 2.83. The van der Waals surface area contributed by atoms with Crippen molar-refractivity contribution in [3.8, 4) is 0 Å². The SMILES string of the molecule is C=CC(=O)Nc1ccc(Sc2nc(Cc3ccc(N4CCS(=O)(=O)CC4)cc3)ncc2C)cc1. The summed E-state index contributed by atoms with van der Waals surface area (Å²) in [6.07, 6.45) is 3.68. The van der Waals surface area contributed by atoms with Crippen LogP contribution in [0.4, 0.5) is 11.4 Å². The third-order valence-corrected chi connectivity index (χ3v) is 8.23. The lowest BCUT2D eigenvalue weighted by atomic mass is 10.1. The number of nitrogens with one attached hydrogen (secondary N) is 1. The van der Waals surface area contributed by atoms with Crippen LogP contribution in [0.25, 0.3) is 0 Å². The number of sulfone groups is 1. The number of aryl methyl sites for hydroxylation is 1. The molecule has 0 bridgehead atoms. The van der Waals surface area contributed by atoms with E-state index < -0.39 is 9.84 Å². The van der Waals surface area contributed by atoms with Crippen LogP contribution < -0.4 is 10.2 Å². The molecule has 1 aliphatic heterocycles. The normalized spacial score (nSPS) is 15.0. The zero-order valence-corrected chi connectivity index (χ0v) is 20.5. The minimum Gasteiger partial charge on any atom is -0.369 e. The van der Waals surface area contributed by atoms with E-state index in [1.54, 1.807) is 11.8 Å². The minimum absolute atomic E-state index is 0.207. The molecular formula is C25H26N4O3S2. The second kappa shape index (κ2) is 10.4. The van der Waals surface area contributed by atoms with Crippen LogP contribution in [0.3, 0.4) is 0 Å². The van der Waals surface area contributed by atoms with Crippen molar-refractivity contribution in [1.82, 2.24) is 9.97 Å². The summed E-state index contributed by atoms with van der Waals surface area (Å²) in [5.41, 5.74) is 3.83. The van der Waals surface area contributed by atoms with Crippen LogP contribution in [0, 0.1) is 6.92 Å². The molecule has 3 aromatic rings. The largest absolute Gasteiger partial charge is 0.369 e. The van der Waals surface area contributed by atoms with Gasteiger partial charge in [-0.3, -0.25) is 4.79 Å². The Morgan fingerprint density at radius 1 is 1.12 bits per heavy atom. The molecule has 34 heavy (non-hydrogen) atoms. The fourth-order valence-corrected chi connectivity index (χ4v) is 5.60.